The van der Waals surface area contributed by atoms with Crippen LogP contribution in [0.4, 0.5) is 0 Å². The molecule has 2 aromatic carbocycles. The third-order valence-corrected chi connectivity index (χ3v) is 5.91. The maximum absolute atomic E-state index is 12.8. The molecule has 2 heterocycles. The van der Waals surface area contributed by atoms with Crippen LogP contribution in [0.25, 0.3) is 11.3 Å². The van der Waals surface area contributed by atoms with Crippen molar-refractivity contribution < 1.29 is 14.1 Å². The molecule has 0 unspecified atom stereocenters. The summed E-state index contributed by atoms with van der Waals surface area (Å²) in [7, 11) is 1.66. The molecule has 1 fully saturated rings. The molecule has 6 nitrogen and oxygen atoms in total. The van der Waals surface area contributed by atoms with E-state index in [2.05, 4.69) is 27.5 Å². The monoisotopic (exact) mass is 439 g/mol. The van der Waals surface area contributed by atoms with E-state index in [1.165, 1.54) is 19.3 Å². The topological polar surface area (TPSA) is 67.6 Å². The zero-order chi connectivity index (χ0) is 21.6. The summed E-state index contributed by atoms with van der Waals surface area (Å²) in [6.07, 6.45) is 3.60. The van der Waals surface area contributed by atoms with Gasteiger partial charge in [-0.1, -0.05) is 35.3 Å². The third-order valence-electron chi connectivity index (χ3n) is 5.66. The average Bonchev–Trinajstić information content (AvgIpc) is 3.31. The van der Waals surface area contributed by atoms with Crippen molar-refractivity contribution in [3.8, 4) is 17.1 Å². The van der Waals surface area contributed by atoms with Gasteiger partial charge in [-0.25, -0.2) is 0 Å². The largest absolute Gasteiger partial charge is 0.497 e. The molecule has 7 heteroatoms. The fourth-order valence-corrected chi connectivity index (χ4v) is 4.05. The number of piperidine rings is 1. The van der Waals surface area contributed by atoms with E-state index in [0.717, 1.165) is 30.0 Å². The zero-order valence-electron chi connectivity index (χ0n) is 17.5. The summed E-state index contributed by atoms with van der Waals surface area (Å²) >= 11 is 5.94. The maximum Gasteiger partial charge on any atom is 0.273 e. The Bertz CT molecular complexity index is 996. The van der Waals surface area contributed by atoms with E-state index >= 15 is 0 Å². The molecule has 1 N–H and O–H groups in total. The first-order chi connectivity index (χ1) is 15.1. The van der Waals surface area contributed by atoms with E-state index in [9.17, 15) is 4.79 Å². The number of benzene rings is 2. The molecule has 0 bridgehead atoms. The molecule has 4 rings (SSSR count). The quantitative estimate of drug-likeness (QED) is 0.563. The Kier molecular flexibility index (Phi) is 6.89. The molecule has 0 radical (unpaired) electrons. The highest BCUT2D eigenvalue weighted by Crippen LogP contribution is 2.26. The number of carbonyl (C=O) groups excluding carboxylic acids is 1. The standard InChI is InChI=1S/C24H26ClN3O3/c1-30-20-11-7-17(8-12-20)22(28-13-3-2-4-14-28)16-26-24(29)21-15-23(31-27-21)18-5-9-19(25)10-6-18/h5-12,15,22H,2-4,13-14,16H2,1H3,(H,26,29)/t22-/m1/s1. The number of nitrogens with zero attached hydrogens (tertiary/aromatic N) is 2. The van der Waals surface area contributed by atoms with Gasteiger partial charge in [0.05, 0.1) is 13.2 Å². The molecular formula is C24H26ClN3O3. The molecule has 3 aromatic rings. The Labute approximate surface area is 187 Å². The van der Waals surface area contributed by atoms with Crippen LogP contribution in [0, 0.1) is 0 Å². The van der Waals surface area contributed by atoms with Crippen LogP contribution in [0.1, 0.15) is 41.4 Å². The molecule has 1 aliphatic rings. The average molecular weight is 440 g/mol. The maximum atomic E-state index is 12.8. The van der Waals surface area contributed by atoms with Gasteiger partial charge in [0, 0.05) is 23.2 Å². The molecule has 162 valence electrons. The molecule has 0 aliphatic carbocycles. The van der Waals surface area contributed by atoms with Gasteiger partial charge >= 0.3 is 0 Å². The van der Waals surface area contributed by atoms with Gasteiger partial charge in [-0.3, -0.25) is 9.69 Å². The number of amides is 1. The van der Waals surface area contributed by atoms with Crippen molar-refractivity contribution in [2.75, 3.05) is 26.7 Å². The molecule has 0 saturated carbocycles. The molecule has 1 aromatic heterocycles. The minimum atomic E-state index is -0.250. The first kappa shape index (κ1) is 21.4. The van der Waals surface area contributed by atoms with E-state index in [1.54, 1.807) is 25.3 Å². The molecule has 1 saturated heterocycles. The van der Waals surface area contributed by atoms with Gasteiger partial charge in [0.15, 0.2) is 11.5 Å². The van der Waals surface area contributed by atoms with Crippen LogP contribution in [-0.4, -0.2) is 42.7 Å². The molecule has 1 amide bonds. The van der Waals surface area contributed by atoms with Crippen molar-refractivity contribution in [2.45, 2.75) is 25.3 Å². The number of carbonyl (C=O) groups is 1. The molecule has 0 spiro atoms. The van der Waals surface area contributed by atoms with E-state index in [1.807, 2.05) is 24.3 Å². The molecular weight excluding hydrogens is 414 g/mol. The number of halogens is 1. The Hall–Kier alpha value is -2.83. The van der Waals surface area contributed by atoms with Gasteiger partial charge in [-0.15, -0.1) is 0 Å². The first-order valence-electron chi connectivity index (χ1n) is 10.5. The van der Waals surface area contributed by atoms with Crippen molar-refractivity contribution in [3.63, 3.8) is 0 Å². The minimum Gasteiger partial charge on any atom is -0.497 e. The highest BCUT2D eigenvalue weighted by molar-refractivity contribution is 6.30. The number of ether oxygens (including phenoxy) is 1. The Morgan fingerprint density at radius 3 is 2.52 bits per heavy atom. The summed E-state index contributed by atoms with van der Waals surface area (Å²) in [5.74, 6) is 1.10. The van der Waals surface area contributed by atoms with Crippen LogP contribution in [0.2, 0.25) is 5.02 Å². The van der Waals surface area contributed by atoms with Crippen LogP contribution in [0.3, 0.4) is 0 Å². The van der Waals surface area contributed by atoms with Gasteiger partial charge < -0.3 is 14.6 Å². The zero-order valence-corrected chi connectivity index (χ0v) is 18.3. The van der Waals surface area contributed by atoms with Gasteiger partial charge in [-0.05, 0) is 67.9 Å². The lowest BCUT2D eigenvalue weighted by molar-refractivity contribution is 0.0915. The van der Waals surface area contributed by atoms with Gasteiger partial charge in [-0.2, -0.15) is 0 Å². The SMILES string of the molecule is COc1ccc([C@@H](CNC(=O)c2cc(-c3ccc(Cl)cc3)on2)N2CCCCC2)cc1. The lowest BCUT2D eigenvalue weighted by Gasteiger charge is -2.35. The molecule has 1 aliphatic heterocycles. The Morgan fingerprint density at radius 1 is 1.13 bits per heavy atom. The summed E-state index contributed by atoms with van der Waals surface area (Å²) in [5.41, 5.74) is 2.24. The minimum absolute atomic E-state index is 0.0952. The number of likely N-dealkylation sites (tertiary alicyclic amines) is 1. The summed E-state index contributed by atoms with van der Waals surface area (Å²) < 4.78 is 10.7. The van der Waals surface area contributed by atoms with Crippen molar-refractivity contribution in [1.82, 2.24) is 15.4 Å². The van der Waals surface area contributed by atoms with Crippen LogP contribution in [0.15, 0.2) is 59.1 Å². The third kappa shape index (κ3) is 5.27. The van der Waals surface area contributed by atoms with Gasteiger partial charge in [0.25, 0.3) is 5.91 Å². The fraction of sp³-hybridized carbons (Fsp3) is 0.333. The smallest absolute Gasteiger partial charge is 0.273 e. The number of aromatic nitrogens is 1. The van der Waals surface area contributed by atoms with Crippen molar-refractivity contribution in [2.24, 2.45) is 0 Å². The van der Waals surface area contributed by atoms with Crippen molar-refractivity contribution >= 4 is 17.5 Å². The number of rotatable bonds is 7. The molecule has 31 heavy (non-hydrogen) atoms. The number of hydrogen-bond donors (Lipinski definition) is 1. The van der Waals surface area contributed by atoms with E-state index < -0.39 is 0 Å². The summed E-state index contributed by atoms with van der Waals surface area (Å²) in [5, 5.41) is 7.63. The lowest BCUT2D eigenvalue weighted by atomic mass is 10.0. The van der Waals surface area contributed by atoms with Crippen LogP contribution in [0.5, 0.6) is 5.75 Å². The Balaban J connectivity index is 1.46. The van der Waals surface area contributed by atoms with E-state index in [4.69, 9.17) is 20.9 Å². The second-order valence-electron chi connectivity index (χ2n) is 7.68. The summed E-state index contributed by atoms with van der Waals surface area (Å²) in [4.78, 5) is 15.2. The van der Waals surface area contributed by atoms with Crippen LogP contribution in [-0.2, 0) is 0 Å². The predicted molar refractivity (Wildman–Crippen MR) is 120 cm³/mol. The second kappa shape index (κ2) is 9.98. The van der Waals surface area contributed by atoms with Crippen LogP contribution >= 0.6 is 11.6 Å². The number of nitrogens with one attached hydrogen (secondary N) is 1. The highest BCUT2D eigenvalue weighted by atomic mass is 35.5. The number of methoxy groups -OCH3 is 1. The normalized spacial score (nSPS) is 15.4. The van der Waals surface area contributed by atoms with Gasteiger partial charge in [0.2, 0.25) is 0 Å². The number of hydrogen-bond acceptors (Lipinski definition) is 5. The summed E-state index contributed by atoms with van der Waals surface area (Å²) in [6.45, 7) is 2.54. The van der Waals surface area contributed by atoms with E-state index in [0.29, 0.717) is 17.3 Å². The van der Waals surface area contributed by atoms with E-state index in [-0.39, 0.29) is 17.6 Å². The Morgan fingerprint density at radius 2 is 1.84 bits per heavy atom. The second-order valence-corrected chi connectivity index (χ2v) is 8.12. The lowest BCUT2D eigenvalue weighted by Crippen LogP contribution is -2.40. The van der Waals surface area contributed by atoms with Crippen molar-refractivity contribution in [3.05, 3.63) is 70.9 Å². The first-order valence-corrected chi connectivity index (χ1v) is 10.9. The summed E-state index contributed by atoms with van der Waals surface area (Å²) in [6, 6.07) is 17.0. The molecule has 1 atom stereocenters. The van der Waals surface area contributed by atoms with Crippen LogP contribution < -0.4 is 10.1 Å². The fourth-order valence-electron chi connectivity index (χ4n) is 3.93. The van der Waals surface area contributed by atoms with Crippen molar-refractivity contribution in [1.29, 1.82) is 0 Å². The van der Waals surface area contributed by atoms with Gasteiger partial charge in [0.1, 0.15) is 5.75 Å². The predicted octanol–water partition coefficient (Wildman–Crippen LogP) is 4.96. The highest BCUT2D eigenvalue weighted by Gasteiger charge is 2.24.